The number of carboxylic acid groups (broad SMARTS) is 1. The highest BCUT2D eigenvalue weighted by Gasteiger charge is 1.97. The van der Waals surface area contributed by atoms with Gasteiger partial charge < -0.3 is 5.11 Å². The zero-order valence-electron chi connectivity index (χ0n) is 15.5. The van der Waals surface area contributed by atoms with Crippen LogP contribution in [0, 0.1) is 0 Å². The smallest absolute Gasteiger partial charge is 0.303 e. The van der Waals surface area contributed by atoms with Crippen LogP contribution in [0.2, 0.25) is 0 Å². The minimum atomic E-state index is -1.67. The molecule has 0 saturated carbocycles. The van der Waals surface area contributed by atoms with Crippen molar-refractivity contribution in [3.8, 4) is 0 Å². The number of carboxylic acids is 1. The van der Waals surface area contributed by atoms with Gasteiger partial charge in [0, 0.05) is 34.2 Å². The number of aryl methyl sites for hydroxylation is 2. The van der Waals surface area contributed by atoms with Crippen molar-refractivity contribution in [2.45, 2.75) is 30.0 Å². The molecular weight excluding hydrogens is 537 g/mol. The van der Waals surface area contributed by atoms with Crippen LogP contribution in [-0.4, -0.2) is 24.8 Å². The molecule has 0 aliphatic rings. The Morgan fingerprint density at radius 3 is 1.37 bits per heavy atom. The highest BCUT2D eigenvalue weighted by Crippen LogP contribution is 2.04. The van der Waals surface area contributed by atoms with E-state index in [-0.39, 0.29) is 11.7 Å². The van der Waals surface area contributed by atoms with Gasteiger partial charge in [-0.15, -0.1) is 0 Å². The van der Waals surface area contributed by atoms with Gasteiger partial charge in [-0.3, -0.25) is 9.59 Å². The third kappa shape index (κ3) is 29.7. The van der Waals surface area contributed by atoms with Gasteiger partial charge in [-0.05, 0) is 35.6 Å². The van der Waals surface area contributed by atoms with Crippen LogP contribution in [0.15, 0.2) is 60.7 Å². The predicted molar refractivity (Wildman–Crippen MR) is 129 cm³/mol. The Kier molecular flexibility index (Phi) is 22.9. The van der Waals surface area contributed by atoms with Crippen LogP contribution in [0.3, 0.4) is 0 Å². The maximum Gasteiger partial charge on any atom is 0.303 e. The number of carbonyl (C=O) groups is 2. The van der Waals surface area contributed by atoms with Crippen LogP contribution in [0.4, 0.5) is 0 Å². The molecular formula is C19H20Cl6O4S. The Morgan fingerprint density at radius 1 is 0.800 bits per heavy atom. The second-order valence-corrected chi connectivity index (χ2v) is 10.1. The average molecular weight is 557 g/mol. The van der Waals surface area contributed by atoms with Gasteiger partial charge >= 0.3 is 5.97 Å². The SMILES string of the molecule is ClC(Cl)Cl.O=C(Cl)CCc1ccccc1.O=C(O)CCc1ccccc1.O=S(Cl)Cl. The number of alkyl halides is 3. The van der Waals surface area contributed by atoms with Gasteiger partial charge in [-0.25, -0.2) is 4.21 Å². The Balaban J connectivity index is 0. The number of hydrogen-bond donors (Lipinski definition) is 1. The minimum Gasteiger partial charge on any atom is -0.481 e. The molecule has 2 aromatic carbocycles. The molecule has 0 atom stereocenters. The summed E-state index contributed by atoms with van der Waals surface area (Å²) in [5.74, 6) is -0.742. The summed E-state index contributed by atoms with van der Waals surface area (Å²) in [5, 5.41) is 8.11. The summed E-state index contributed by atoms with van der Waals surface area (Å²) in [6.07, 6.45) is 1.99. The zero-order chi connectivity index (χ0) is 23.4. The maximum atomic E-state index is 10.4. The van der Waals surface area contributed by atoms with Gasteiger partial charge in [0.05, 0.1) is 0 Å². The van der Waals surface area contributed by atoms with Gasteiger partial charge in [0.25, 0.3) is 0 Å². The molecule has 0 radical (unpaired) electrons. The quantitative estimate of drug-likeness (QED) is 0.304. The molecule has 0 aromatic heterocycles. The van der Waals surface area contributed by atoms with Crippen LogP contribution in [-0.2, 0) is 31.7 Å². The summed E-state index contributed by atoms with van der Waals surface area (Å²) in [6, 6.07) is 19.4. The number of rotatable bonds is 6. The van der Waals surface area contributed by atoms with E-state index in [1.807, 2.05) is 60.7 Å². The third-order valence-corrected chi connectivity index (χ3v) is 3.11. The third-order valence-electron chi connectivity index (χ3n) is 2.92. The summed E-state index contributed by atoms with van der Waals surface area (Å²) in [7, 11) is 7.36. The van der Waals surface area contributed by atoms with Gasteiger partial charge in [0.15, 0.2) is 4.30 Å². The van der Waals surface area contributed by atoms with Crippen LogP contribution in [0.1, 0.15) is 24.0 Å². The van der Waals surface area contributed by atoms with Crippen molar-refractivity contribution in [1.82, 2.24) is 0 Å². The molecule has 0 unspecified atom stereocenters. The van der Waals surface area contributed by atoms with E-state index in [1.54, 1.807) is 0 Å². The minimum absolute atomic E-state index is 0.212. The average Bonchev–Trinajstić information content (AvgIpc) is 2.66. The molecule has 0 amide bonds. The molecule has 2 aromatic rings. The summed E-state index contributed by atoms with van der Waals surface area (Å²) >= 11 is 19.6. The number of hydrogen-bond acceptors (Lipinski definition) is 3. The van der Waals surface area contributed by atoms with Crippen molar-refractivity contribution in [3.63, 3.8) is 0 Å². The zero-order valence-corrected chi connectivity index (χ0v) is 20.9. The van der Waals surface area contributed by atoms with E-state index in [0.29, 0.717) is 12.8 Å². The highest BCUT2D eigenvalue weighted by atomic mass is 36.0. The van der Waals surface area contributed by atoms with Gasteiger partial charge in [0.1, 0.15) is 0 Å². The predicted octanol–water partition coefficient (Wildman–Crippen LogP) is 7.12. The fraction of sp³-hybridized carbons (Fsp3) is 0.263. The van der Waals surface area contributed by atoms with Crippen LogP contribution < -0.4 is 0 Å². The van der Waals surface area contributed by atoms with Crippen molar-refractivity contribution in [3.05, 3.63) is 71.8 Å². The molecule has 0 saturated heterocycles. The summed E-state index contributed by atoms with van der Waals surface area (Å²) in [4.78, 5) is 20.6. The topological polar surface area (TPSA) is 71.4 Å². The second-order valence-electron chi connectivity index (χ2n) is 5.15. The molecule has 0 aliphatic carbocycles. The van der Waals surface area contributed by atoms with E-state index in [4.69, 9.17) is 55.7 Å². The molecule has 1 N–H and O–H groups in total. The lowest BCUT2D eigenvalue weighted by Crippen LogP contribution is -1.96. The number of carbonyl (C=O) groups excluding carboxylic acids is 1. The highest BCUT2D eigenvalue weighted by molar-refractivity contribution is 8.26. The van der Waals surface area contributed by atoms with Crippen LogP contribution in [0.5, 0.6) is 0 Å². The van der Waals surface area contributed by atoms with Crippen molar-refractivity contribution >= 4 is 88.2 Å². The van der Waals surface area contributed by atoms with E-state index in [9.17, 15) is 9.59 Å². The Bertz CT molecular complexity index is 657. The Morgan fingerprint density at radius 2 is 1.10 bits per heavy atom. The number of halogens is 6. The lowest BCUT2D eigenvalue weighted by Gasteiger charge is -1.95. The Hall–Kier alpha value is -0.530. The summed E-state index contributed by atoms with van der Waals surface area (Å²) in [6.45, 7) is 0. The standard InChI is InChI=1S/C9H9ClO.C9H10O2.CHCl3.Cl2OS/c2*10-9(11)7-6-8-4-2-1-3-5-8;2-1(3)4;1-4(2)3/h1-5H,6-7H2;1-5H,6-7H2,(H,10,11);1H;. The summed E-state index contributed by atoms with van der Waals surface area (Å²) < 4.78 is 8.34. The molecule has 0 aliphatic heterocycles. The first-order valence-corrected chi connectivity index (χ1v) is 12.7. The van der Waals surface area contributed by atoms with Crippen molar-refractivity contribution in [2.75, 3.05) is 0 Å². The second kappa shape index (κ2) is 21.7. The van der Waals surface area contributed by atoms with Crippen molar-refractivity contribution in [1.29, 1.82) is 0 Å². The largest absolute Gasteiger partial charge is 0.481 e. The molecule has 30 heavy (non-hydrogen) atoms. The first-order valence-electron chi connectivity index (χ1n) is 8.19. The van der Waals surface area contributed by atoms with Gasteiger partial charge in [0.2, 0.25) is 14.5 Å². The fourth-order valence-corrected chi connectivity index (χ4v) is 1.88. The first kappa shape index (κ1) is 31.7. The number of aliphatic carboxylic acids is 1. The van der Waals surface area contributed by atoms with E-state index in [0.717, 1.165) is 17.5 Å². The fourth-order valence-electron chi connectivity index (χ4n) is 1.78. The van der Waals surface area contributed by atoms with Crippen LogP contribution in [0.25, 0.3) is 0 Å². The molecule has 0 spiro atoms. The first-order chi connectivity index (χ1) is 14.0. The molecule has 2 rings (SSSR count). The summed E-state index contributed by atoms with van der Waals surface area (Å²) in [5.41, 5.74) is 2.23. The van der Waals surface area contributed by atoms with E-state index in [2.05, 4.69) is 21.4 Å². The maximum absolute atomic E-state index is 10.4. The van der Waals surface area contributed by atoms with Gasteiger partial charge in [-0.2, -0.15) is 0 Å². The molecule has 4 nitrogen and oxygen atoms in total. The molecule has 0 bridgehead atoms. The molecule has 11 heteroatoms. The van der Waals surface area contributed by atoms with E-state index in [1.165, 1.54) is 0 Å². The Labute approximate surface area is 207 Å². The molecule has 168 valence electrons. The van der Waals surface area contributed by atoms with Crippen molar-refractivity contribution < 1.29 is 18.9 Å². The van der Waals surface area contributed by atoms with E-state index < -0.39 is 19.5 Å². The van der Waals surface area contributed by atoms with Crippen LogP contribution >= 0.6 is 67.8 Å². The van der Waals surface area contributed by atoms with E-state index >= 15 is 0 Å². The van der Waals surface area contributed by atoms with Gasteiger partial charge in [-0.1, -0.05) is 95.5 Å². The number of benzene rings is 2. The lowest BCUT2D eigenvalue weighted by atomic mass is 10.1. The normalized spacial score (nSPS) is 9.33. The molecule has 0 heterocycles. The monoisotopic (exact) mass is 554 g/mol. The molecule has 0 fully saturated rings. The van der Waals surface area contributed by atoms with Crippen molar-refractivity contribution in [2.24, 2.45) is 0 Å². The lowest BCUT2D eigenvalue weighted by molar-refractivity contribution is -0.137.